The van der Waals surface area contributed by atoms with Crippen molar-refractivity contribution in [3.63, 3.8) is 0 Å². The summed E-state index contributed by atoms with van der Waals surface area (Å²) in [5, 5.41) is 2.55. The predicted molar refractivity (Wildman–Crippen MR) is 150 cm³/mol. The average Bonchev–Trinajstić information content (AvgIpc) is 3.32. The summed E-state index contributed by atoms with van der Waals surface area (Å²) < 4.78 is 41.8. The van der Waals surface area contributed by atoms with E-state index in [4.69, 9.17) is 29.8 Å². The molecule has 3 aromatic rings. The molecule has 0 radical (unpaired) electrons. The minimum Gasteiger partial charge on any atom is -0.351 e. The lowest BCUT2D eigenvalue weighted by Crippen LogP contribution is -2.56. The van der Waals surface area contributed by atoms with Crippen molar-refractivity contribution in [1.82, 2.24) is 10.3 Å². The van der Waals surface area contributed by atoms with Crippen LogP contribution in [0, 0.1) is 12.4 Å². The molecule has 0 spiro atoms. The fourth-order valence-corrected chi connectivity index (χ4v) is 5.80. The fraction of sp³-hybridized carbons (Fsp3) is 0.276. The molecule has 2 atom stereocenters. The van der Waals surface area contributed by atoms with Crippen LogP contribution in [0.25, 0.3) is 4.85 Å². The number of amides is 3. The first kappa shape index (κ1) is 29.4. The molecule has 5 rings (SSSR count). The molecule has 0 unspecified atom stereocenters. The summed E-state index contributed by atoms with van der Waals surface area (Å²) in [5.41, 5.74) is 0.119. The molecule has 216 valence electrons. The van der Waals surface area contributed by atoms with Gasteiger partial charge in [0.2, 0.25) is 11.8 Å². The van der Waals surface area contributed by atoms with Crippen LogP contribution in [0.3, 0.4) is 0 Å². The third-order valence-electron chi connectivity index (χ3n) is 7.14. The third kappa shape index (κ3) is 5.78. The first-order chi connectivity index (χ1) is 20.0. The summed E-state index contributed by atoms with van der Waals surface area (Å²) >= 11 is 13.0. The van der Waals surface area contributed by atoms with E-state index in [0.717, 1.165) is 21.9 Å². The maximum Gasteiger partial charge on any atom is 0.252 e. The van der Waals surface area contributed by atoms with Crippen LogP contribution in [0.2, 0.25) is 10.0 Å². The van der Waals surface area contributed by atoms with Crippen molar-refractivity contribution in [2.24, 2.45) is 0 Å². The molecule has 1 aliphatic carbocycles. The van der Waals surface area contributed by atoms with Crippen molar-refractivity contribution in [2.45, 2.75) is 49.7 Å². The minimum atomic E-state index is -2.94. The van der Waals surface area contributed by atoms with E-state index in [1.165, 1.54) is 48.7 Å². The van der Waals surface area contributed by atoms with E-state index < -0.39 is 60.4 Å². The van der Waals surface area contributed by atoms with Gasteiger partial charge < -0.3 is 5.32 Å². The number of pyridine rings is 1. The molecule has 42 heavy (non-hydrogen) atoms. The van der Waals surface area contributed by atoms with E-state index in [-0.39, 0.29) is 45.6 Å². The number of halogens is 5. The zero-order valence-corrected chi connectivity index (χ0v) is 23.2. The van der Waals surface area contributed by atoms with Crippen LogP contribution in [0.5, 0.6) is 0 Å². The van der Waals surface area contributed by atoms with E-state index in [0.29, 0.717) is 0 Å². The normalized spacial score (nSPS) is 18.6. The Morgan fingerprint density at radius 2 is 1.81 bits per heavy atom. The molecule has 1 saturated heterocycles. The summed E-state index contributed by atoms with van der Waals surface area (Å²) in [4.78, 5) is 51.1. The summed E-state index contributed by atoms with van der Waals surface area (Å²) in [5.74, 6) is -5.72. The highest BCUT2D eigenvalue weighted by molar-refractivity contribution is 6.36. The number of anilines is 2. The Hall–Kier alpha value is -4.14. The fourth-order valence-electron chi connectivity index (χ4n) is 5.20. The van der Waals surface area contributed by atoms with Crippen molar-refractivity contribution in [2.75, 3.05) is 9.80 Å². The van der Waals surface area contributed by atoms with Gasteiger partial charge in [0.15, 0.2) is 5.69 Å². The highest BCUT2D eigenvalue weighted by Crippen LogP contribution is 2.41. The maximum atomic E-state index is 14.6. The van der Waals surface area contributed by atoms with Crippen LogP contribution >= 0.6 is 23.2 Å². The summed E-state index contributed by atoms with van der Waals surface area (Å²) in [6.45, 7) is 7.30. The summed E-state index contributed by atoms with van der Waals surface area (Å²) in [6.07, 6.45) is 0.118. The van der Waals surface area contributed by atoms with E-state index in [9.17, 15) is 27.6 Å². The molecule has 2 fully saturated rings. The molecular weight excluding hydrogens is 594 g/mol. The van der Waals surface area contributed by atoms with Gasteiger partial charge in [-0.05, 0) is 48.9 Å². The van der Waals surface area contributed by atoms with Gasteiger partial charge in [-0.2, -0.15) is 0 Å². The summed E-state index contributed by atoms with van der Waals surface area (Å²) in [6, 6.07) is 8.38. The topological polar surface area (TPSA) is 87.0 Å². The number of aromatic nitrogens is 1. The number of alkyl halides is 2. The second kappa shape index (κ2) is 11.6. The Balaban J connectivity index is 1.63. The molecule has 2 aromatic carbocycles. The van der Waals surface area contributed by atoms with Crippen LogP contribution < -0.4 is 15.1 Å². The van der Waals surface area contributed by atoms with E-state index in [1.54, 1.807) is 0 Å². The molecular formula is C29H22Cl2F3N5O3. The molecule has 2 aliphatic rings. The number of nitrogens with zero attached hydrogens (tertiary/aromatic N) is 4. The molecule has 2 heterocycles. The van der Waals surface area contributed by atoms with Gasteiger partial charge in [0.25, 0.3) is 11.8 Å². The number of nitrogens with one attached hydrogen (secondary N) is 1. The monoisotopic (exact) mass is 615 g/mol. The standard InChI is InChI=1S/C29H22Cl2F3N5O3/c1-35-17-10-11-36-23(13-17)39-22(8-9-24(39)40)28(42)38(19-5-2-4-16(32)12-19)26(25-20(30)6-3-7-21(25)31)27(41)37-18-14-29(33,34)15-18/h2-7,10-13,18,22,26H,8-9,14-15H2,(H,37,41)/t22-,26-/m0/s1. The molecule has 0 bridgehead atoms. The number of hydrogen-bond acceptors (Lipinski definition) is 4. The van der Waals surface area contributed by atoms with Gasteiger partial charge in [0.1, 0.15) is 23.7 Å². The Morgan fingerprint density at radius 1 is 1.12 bits per heavy atom. The van der Waals surface area contributed by atoms with Gasteiger partial charge >= 0.3 is 0 Å². The van der Waals surface area contributed by atoms with E-state index >= 15 is 0 Å². The van der Waals surface area contributed by atoms with Crippen LogP contribution in [0.1, 0.15) is 37.3 Å². The SMILES string of the molecule is [C-]#[N+]c1ccnc(N2C(=O)CC[C@H]2C(=O)N(c2cccc(F)c2)[C@H](C(=O)NC2CC(F)(F)C2)c2c(Cl)cccc2Cl)c1. The van der Waals surface area contributed by atoms with Gasteiger partial charge in [0.05, 0.1) is 6.57 Å². The molecule has 13 heteroatoms. The maximum absolute atomic E-state index is 14.6. The Bertz CT molecular complexity index is 1590. The Kier molecular flexibility index (Phi) is 8.12. The lowest BCUT2D eigenvalue weighted by molar-refractivity contribution is -0.133. The highest BCUT2D eigenvalue weighted by Gasteiger charge is 2.49. The van der Waals surface area contributed by atoms with Crippen molar-refractivity contribution < 1.29 is 27.6 Å². The van der Waals surface area contributed by atoms with Gasteiger partial charge in [-0.1, -0.05) is 35.3 Å². The molecule has 3 amide bonds. The Labute approximate surface area is 248 Å². The first-order valence-corrected chi connectivity index (χ1v) is 13.6. The molecule has 1 N–H and O–H groups in total. The minimum absolute atomic E-state index is 0.00146. The van der Waals surface area contributed by atoms with Crippen molar-refractivity contribution in [1.29, 1.82) is 0 Å². The first-order valence-electron chi connectivity index (χ1n) is 12.9. The van der Waals surface area contributed by atoms with Crippen molar-refractivity contribution in [3.05, 3.63) is 93.6 Å². The van der Waals surface area contributed by atoms with Gasteiger partial charge in [0, 0.05) is 52.8 Å². The number of hydrogen-bond donors (Lipinski definition) is 1. The second-order valence-electron chi connectivity index (χ2n) is 10.00. The predicted octanol–water partition coefficient (Wildman–Crippen LogP) is 6.26. The van der Waals surface area contributed by atoms with Gasteiger partial charge in [-0.25, -0.2) is 23.0 Å². The zero-order valence-electron chi connectivity index (χ0n) is 21.7. The zero-order chi connectivity index (χ0) is 30.2. The average molecular weight is 616 g/mol. The number of carbonyl (C=O) groups excluding carboxylic acids is 3. The number of rotatable bonds is 7. The molecule has 1 aromatic heterocycles. The third-order valence-corrected chi connectivity index (χ3v) is 7.80. The van der Waals surface area contributed by atoms with Crippen LogP contribution in [-0.4, -0.2) is 40.7 Å². The van der Waals surface area contributed by atoms with Crippen LogP contribution in [-0.2, 0) is 14.4 Å². The largest absolute Gasteiger partial charge is 0.351 e. The van der Waals surface area contributed by atoms with Gasteiger partial charge in [-0.3, -0.25) is 24.2 Å². The molecule has 1 saturated carbocycles. The van der Waals surface area contributed by atoms with Crippen molar-refractivity contribution in [3.8, 4) is 0 Å². The smallest absolute Gasteiger partial charge is 0.252 e. The molecule has 8 nitrogen and oxygen atoms in total. The van der Waals surface area contributed by atoms with Crippen LogP contribution in [0.4, 0.5) is 30.4 Å². The highest BCUT2D eigenvalue weighted by atomic mass is 35.5. The lowest BCUT2D eigenvalue weighted by Gasteiger charge is -2.39. The quantitative estimate of drug-likeness (QED) is 0.318. The van der Waals surface area contributed by atoms with E-state index in [2.05, 4.69) is 15.1 Å². The van der Waals surface area contributed by atoms with E-state index in [1.807, 2.05) is 0 Å². The van der Waals surface area contributed by atoms with Gasteiger partial charge in [-0.15, -0.1) is 0 Å². The second-order valence-corrected chi connectivity index (χ2v) is 10.8. The van der Waals surface area contributed by atoms with Crippen molar-refractivity contribution >= 4 is 58.1 Å². The summed E-state index contributed by atoms with van der Waals surface area (Å²) in [7, 11) is 0. The number of carbonyl (C=O) groups is 3. The molecule has 1 aliphatic heterocycles. The van der Waals surface area contributed by atoms with Crippen LogP contribution in [0.15, 0.2) is 60.8 Å². The lowest BCUT2D eigenvalue weighted by atomic mass is 9.87. The number of benzene rings is 2. The Morgan fingerprint density at radius 3 is 2.45 bits per heavy atom.